The summed E-state index contributed by atoms with van der Waals surface area (Å²) in [4.78, 5) is 8.87. The summed E-state index contributed by atoms with van der Waals surface area (Å²) in [6.07, 6.45) is 0. The van der Waals surface area contributed by atoms with E-state index in [0.29, 0.717) is 11.3 Å². The predicted molar refractivity (Wildman–Crippen MR) is 98.9 cm³/mol. The highest BCUT2D eigenvalue weighted by Gasteiger charge is 2.10. The van der Waals surface area contributed by atoms with E-state index in [1.165, 1.54) is 12.1 Å². The SMILES string of the molecule is Fc1ccc(Nc2nc(Nc3ccccc3)c3ccccc3n2)c(F)c1. The molecule has 0 aliphatic carbocycles. The van der Waals surface area contributed by atoms with Crippen molar-refractivity contribution in [1.29, 1.82) is 0 Å². The third-order valence-corrected chi connectivity index (χ3v) is 3.82. The van der Waals surface area contributed by atoms with Gasteiger partial charge >= 0.3 is 0 Å². The zero-order chi connectivity index (χ0) is 17.9. The molecule has 6 heteroatoms. The van der Waals surface area contributed by atoms with Gasteiger partial charge in [0.15, 0.2) is 0 Å². The number of anilines is 4. The van der Waals surface area contributed by atoms with E-state index in [1.807, 2.05) is 54.6 Å². The summed E-state index contributed by atoms with van der Waals surface area (Å²) in [5, 5.41) is 6.90. The van der Waals surface area contributed by atoms with Crippen molar-refractivity contribution < 1.29 is 8.78 Å². The van der Waals surface area contributed by atoms with Crippen LogP contribution >= 0.6 is 0 Å². The fourth-order valence-corrected chi connectivity index (χ4v) is 2.60. The Hall–Kier alpha value is -3.54. The predicted octanol–water partition coefficient (Wildman–Crippen LogP) is 5.40. The summed E-state index contributed by atoms with van der Waals surface area (Å²) >= 11 is 0. The lowest BCUT2D eigenvalue weighted by molar-refractivity contribution is 0.586. The molecule has 0 aliphatic heterocycles. The van der Waals surface area contributed by atoms with Crippen LogP contribution in [0.3, 0.4) is 0 Å². The van der Waals surface area contributed by atoms with E-state index in [4.69, 9.17) is 0 Å². The molecule has 0 bridgehead atoms. The molecule has 0 aliphatic rings. The minimum Gasteiger partial charge on any atom is -0.340 e. The van der Waals surface area contributed by atoms with E-state index >= 15 is 0 Å². The molecule has 0 saturated carbocycles. The molecule has 2 N–H and O–H groups in total. The van der Waals surface area contributed by atoms with Gasteiger partial charge in [-0.1, -0.05) is 30.3 Å². The fraction of sp³-hybridized carbons (Fsp3) is 0. The van der Waals surface area contributed by atoms with Gasteiger partial charge in [0, 0.05) is 17.1 Å². The lowest BCUT2D eigenvalue weighted by atomic mass is 10.2. The fourth-order valence-electron chi connectivity index (χ4n) is 2.60. The molecular formula is C20H14F2N4. The lowest BCUT2D eigenvalue weighted by Gasteiger charge is -2.12. The molecule has 0 fully saturated rings. The van der Waals surface area contributed by atoms with Crippen LogP contribution < -0.4 is 10.6 Å². The monoisotopic (exact) mass is 348 g/mol. The molecule has 1 aromatic heterocycles. The first kappa shape index (κ1) is 16.0. The summed E-state index contributed by atoms with van der Waals surface area (Å²) in [5.41, 5.74) is 1.67. The standard InChI is InChI=1S/C20H14F2N4/c21-13-10-11-18(16(22)12-13)25-20-24-17-9-5-4-8-15(17)19(26-20)23-14-6-2-1-3-7-14/h1-12H,(H2,23,24,25,26). The van der Waals surface area contributed by atoms with Crippen molar-refractivity contribution in [3.05, 3.63) is 84.4 Å². The molecule has 0 atom stereocenters. The topological polar surface area (TPSA) is 49.8 Å². The van der Waals surface area contributed by atoms with Gasteiger partial charge in [-0.25, -0.2) is 13.8 Å². The molecule has 1 heterocycles. The van der Waals surface area contributed by atoms with Crippen LogP contribution in [-0.2, 0) is 0 Å². The van der Waals surface area contributed by atoms with E-state index in [0.717, 1.165) is 17.1 Å². The minimum atomic E-state index is -0.709. The number of hydrogen-bond donors (Lipinski definition) is 2. The van der Waals surface area contributed by atoms with Gasteiger partial charge in [-0.05, 0) is 36.4 Å². The Morgan fingerprint density at radius 2 is 1.50 bits per heavy atom. The second-order valence-corrected chi connectivity index (χ2v) is 5.65. The van der Waals surface area contributed by atoms with Gasteiger partial charge in [0.05, 0.1) is 11.2 Å². The van der Waals surface area contributed by atoms with Gasteiger partial charge in [0.25, 0.3) is 0 Å². The number of fused-ring (bicyclic) bond motifs is 1. The number of nitrogens with zero attached hydrogens (tertiary/aromatic N) is 2. The molecule has 0 saturated heterocycles. The molecule has 3 aromatic carbocycles. The maximum atomic E-state index is 13.9. The molecule has 26 heavy (non-hydrogen) atoms. The van der Waals surface area contributed by atoms with Crippen molar-refractivity contribution in [3.8, 4) is 0 Å². The Bertz CT molecular complexity index is 1070. The van der Waals surface area contributed by atoms with Crippen LogP contribution in [0.2, 0.25) is 0 Å². The number of halogens is 2. The summed E-state index contributed by atoms with van der Waals surface area (Å²) in [6, 6.07) is 20.4. The second-order valence-electron chi connectivity index (χ2n) is 5.65. The summed E-state index contributed by atoms with van der Waals surface area (Å²) in [7, 11) is 0. The number of para-hydroxylation sites is 2. The molecule has 0 radical (unpaired) electrons. The number of rotatable bonds is 4. The van der Waals surface area contributed by atoms with Crippen LogP contribution in [-0.4, -0.2) is 9.97 Å². The normalized spacial score (nSPS) is 10.7. The average Bonchev–Trinajstić information content (AvgIpc) is 2.65. The second kappa shape index (κ2) is 6.76. The summed E-state index contributed by atoms with van der Waals surface area (Å²) in [6.45, 7) is 0. The van der Waals surface area contributed by atoms with Crippen LogP contribution in [0.1, 0.15) is 0 Å². The molecule has 128 valence electrons. The molecule has 4 aromatic rings. The van der Waals surface area contributed by atoms with E-state index < -0.39 is 11.6 Å². The van der Waals surface area contributed by atoms with Gasteiger partial charge in [-0.15, -0.1) is 0 Å². The first-order chi connectivity index (χ1) is 12.7. The van der Waals surface area contributed by atoms with E-state index in [2.05, 4.69) is 20.6 Å². The third kappa shape index (κ3) is 3.30. The summed E-state index contributed by atoms with van der Waals surface area (Å²) < 4.78 is 27.0. The lowest BCUT2D eigenvalue weighted by Crippen LogP contribution is -2.03. The number of hydrogen-bond acceptors (Lipinski definition) is 4. The van der Waals surface area contributed by atoms with Gasteiger partial charge in [0.1, 0.15) is 17.5 Å². The molecule has 4 rings (SSSR count). The molecule has 0 unspecified atom stereocenters. The Balaban J connectivity index is 1.76. The number of nitrogens with one attached hydrogen (secondary N) is 2. The van der Waals surface area contributed by atoms with E-state index in [-0.39, 0.29) is 11.6 Å². The van der Waals surface area contributed by atoms with Crippen molar-refractivity contribution in [2.45, 2.75) is 0 Å². The maximum Gasteiger partial charge on any atom is 0.229 e. The van der Waals surface area contributed by atoms with Crippen molar-refractivity contribution in [2.75, 3.05) is 10.6 Å². The van der Waals surface area contributed by atoms with Crippen LogP contribution in [0.4, 0.5) is 31.9 Å². The van der Waals surface area contributed by atoms with Gasteiger partial charge in [0.2, 0.25) is 5.95 Å². The van der Waals surface area contributed by atoms with Crippen molar-refractivity contribution >= 4 is 34.0 Å². The zero-order valence-electron chi connectivity index (χ0n) is 13.6. The van der Waals surface area contributed by atoms with Crippen LogP contribution in [0.5, 0.6) is 0 Å². The van der Waals surface area contributed by atoms with Gasteiger partial charge in [-0.2, -0.15) is 4.98 Å². The van der Waals surface area contributed by atoms with Gasteiger partial charge in [-0.3, -0.25) is 0 Å². The van der Waals surface area contributed by atoms with Crippen LogP contribution in [0, 0.1) is 11.6 Å². The zero-order valence-corrected chi connectivity index (χ0v) is 13.6. The molecular weight excluding hydrogens is 334 g/mol. The first-order valence-corrected chi connectivity index (χ1v) is 8.00. The highest BCUT2D eigenvalue weighted by Crippen LogP contribution is 2.27. The van der Waals surface area contributed by atoms with Crippen LogP contribution in [0.25, 0.3) is 10.9 Å². The Kier molecular flexibility index (Phi) is 4.15. The van der Waals surface area contributed by atoms with Crippen molar-refractivity contribution in [3.63, 3.8) is 0 Å². The Morgan fingerprint density at radius 1 is 0.731 bits per heavy atom. The first-order valence-electron chi connectivity index (χ1n) is 8.00. The van der Waals surface area contributed by atoms with Crippen molar-refractivity contribution in [2.24, 2.45) is 0 Å². The smallest absolute Gasteiger partial charge is 0.229 e. The Labute approximate surface area is 148 Å². The summed E-state index contributed by atoms with van der Waals surface area (Å²) in [5.74, 6) is -0.544. The third-order valence-electron chi connectivity index (χ3n) is 3.82. The van der Waals surface area contributed by atoms with E-state index in [1.54, 1.807) is 0 Å². The number of aromatic nitrogens is 2. The minimum absolute atomic E-state index is 0.104. The average molecular weight is 348 g/mol. The largest absolute Gasteiger partial charge is 0.340 e. The molecule has 0 spiro atoms. The van der Waals surface area contributed by atoms with Crippen LogP contribution in [0.15, 0.2) is 72.8 Å². The molecule has 0 amide bonds. The quantitative estimate of drug-likeness (QED) is 0.519. The highest BCUT2D eigenvalue weighted by atomic mass is 19.1. The van der Waals surface area contributed by atoms with Crippen molar-refractivity contribution in [1.82, 2.24) is 9.97 Å². The number of benzene rings is 3. The highest BCUT2D eigenvalue weighted by molar-refractivity contribution is 5.91. The van der Waals surface area contributed by atoms with E-state index in [9.17, 15) is 8.78 Å². The van der Waals surface area contributed by atoms with Gasteiger partial charge < -0.3 is 10.6 Å². The molecule has 4 nitrogen and oxygen atoms in total. The Morgan fingerprint density at radius 3 is 2.31 bits per heavy atom. The maximum absolute atomic E-state index is 13.9.